The van der Waals surface area contributed by atoms with Crippen molar-refractivity contribution in [3.8, 4) is 0 Å². The molecule has 0 saturated carbocycles. The van der Waals surface area contributed by atoms with Crippen LogP contribution >= 0.6 is 30.3 Å². The SMILES string of the molecule is CC(C)(C)OC(=O)NCc1cnc2c(ccn2SI)n1. The number of carbonyl (C=O) groups excluding carboxylic acids is 1. The van der Waals surface area contributed by atoms with Gasteiger partial charge >= 0.3 is 6.09 Å². The number of halogens is 1. The number of ether oxygens (including phenoxy) is 1. The molecule has 0 aliphatic heterocycles. The molecule has 0 radical (unpaired) electrons. The normalized spacial score (nSPS) is 11.6. The maximum Gasteiger partial charge on any atom is 0.407 e. The molecule has 0 aliphatic rings. The number of fused-ring (bicyclic) bond motifs is 1. The Labute approximate surface area is 133 Å². The Hall–Kier alpha value is -1.03. The van der Waals surface area contributed by atoms with Gasteiger partial charge in [-0.1, -0.05) is 0 Å². The molecule has 0 spiro atoms. The van der Waals surface area contributed by atoms with Crippen LogP contribution in [-0.4, -0.2) is 25.6 Å². The van der Waals surface area contributed by atoms with Crippen LogP contribution in [0.5, 0.6) is 0 Å². The van der Waals surface area contributed by atoms with Gasteiger partial charge in [0.2, 0.25) is 0 Å². The summed E-state index contributed by atoms with van der Waals surface area (Å²) >= 11 is 2.18. The summed E-state index contributed by atoms with van der Waals surface area (Å²) in [5.41, 5.74) is 1.80. The van der Waals surface area contributed by atoms with Gasteiger partial charge in [0.15, 0.2) is 5.65 Å². The third-order valence-corrected chi connectivity index (χ3v) is 4.01. The van der Waals surface area contributed by atoms with E-state index < -0.39 is 11.7 Å². The third kappa shape index (κ3) is 3.98. The van der Waals surface area contributed by atoms with Crippen molar-refractivity contribution in [1.82, 2.24) is 19.3 Å². The first kappa shape index (κ1) is 15.4. The highest BCUT2D eigenvalue weighted by Crippen LogP contribution is 2.22. The van der Waals surface area contributed by atoms with E-state index in [9.17, 15) is 4.79 Å². The fourth-order valence-corrected chi connectivity index (χ4v) is 2.81. The summed E-state index contributed by atoms with van der Waals surface area (Å²) in [5.74, 6) is 0. The number of amides is 1. The van der Waals surface area contributed by atoms with Crippen molar-refractivity contribution < 1.29 is 9.53 Å². The van der Waals surface area contributed by atoms with Crippen LogP contribution in [0.3, 0.4) is 0 Å². The van der Waals surface area contributed by atoms with Crippen LogP contribution in [0.2, 0.25) is 0 Å². The zero-order chi connectivity index (χ0) is 14.8. The molecule has 2 aromatic rings. The van der Waals surface area contributed by atoms with Crippen LogP contribution in [0.4, 0.5) is 4.79 Å². The molecule has 0 aliphatic carbocycles. The van der Waals surface area contributed by atoms with E-state index in [1.807, 2.05) is 37.0 Å². The van der Waals surface area contributed by atoms with Crippen LogP contribution in [0.15, 0.2) is 18.5 Å². The molecular weight excluding hydrogens is 391 g/mol. The van der Waals surface area contributed by atoms with Gasteiger partial charge in [0.25, 0.3) is 0 Å². The smallest absolute Gasteiger partial charge is 0.407 e. The van der Waals surface area contributed by atoms with E-state index in [0.29, 0.717) is 12.2 Å². The van der Waals surface area contributed by atoms with Crippen LogP contribution in [0, 0.1) is 0 Å². The number of aromatic nitrogens is 3. The van der Waals surface area contributed by atoms with Crippen LogP contribution in [0.1, 0.15) is 26.5 Å². The van der Waals surface area contributed by atoms with Crippen LogP contribution in [-0.2, 0) is 11.3 Å². The van der Waals surface area contributed by atoms with Crippen molar-refractivity contribution in [2.24, 2.45) is 0 Å². The summed E-state index contributed by atoms with van der Waals surface area (Å²) in [7, 11) is 1.53. The second-order valence-electron chi connectivity index (χ2n) is 5.14. The standard InChI is InChI=1S/C12H15IN4O2S/c1-12(2,3)19-11(18)15-7-8-6-14-10-9(16-8)4-5-17(10)20-13/h4-6H,7H2,1-3H3,(H,15,18). The molecule has 0 atom stereocenters. The number of hydrogen-bond acceptors (Lipinski definition) is 5. The van der Waals surface area contributed by atoms with Gasteiger partial charge < -0.3 is 10.1 Å². The maximum absolute atomic E-state index is 11.6. The number of rotatable bonds is 3. The number of carbonyl (C=O) groups is 1. The molecule has 0 saturated heterocycles. The number of nitrogens with one attached hydrogen (secondary N) is 1. The van der Waals surface area contributed by atoms with Crippen molar-refractivity contribution >= 4 is 47.6 Å². The summed E-state index contributed by atoms with van der Waals surface area (Å²) in [6.07, 6.45) is 3.11. The lowest BCUT2D eigenvalue weighted by Crippen LogP contribution is -2.32. The van der Waals surface area contributed by atoms with Gasteiger partial charge in [-0.25, -0.2) is 14.8 Å². The van der Waals surface area contributed by atoms with Gasteiger partial charge in [-0.15, -0.1) is 0 Å². The van der Waals surface area contributed by atoms with Gasteiger partial charge in [0.1, 0.15) is 11.1 Å². The fourth-order valence-electron chi connectivity index (χ4n) is 1.54. The summed E-state index contributed by atoms with van der Waals surface area (Å²) in [4.78, 5) is 20.3. The molecule has 2 aromatic heterocycles. The Bertz CT molecular complexity index is 623. The molecule has 108 valence electrons. The molecule has 2 rings (SSSR count). The summed E-state index contributed by atoms with van der Waals surface area (Å²) < 4.78 is 7.09. The first-order chi connectivity index (χ1) is 9.39. The van der Waals surface area contributed by atoms with Gasteiger partial charge in [0.05, 0.1) is 18.4 Å². The molecule has 0 fully saturated rings. The van der Waals surface area contributed by atoms with Crippen LogP contribution < -0.4 is 5.32 Å². The summed E-state index contributed by atoms with van der Waals surface area (Å²) in [6, 6.07) is 1.89. The average Bonchev–Trinajstić information content (AvgIpc) is 2.76. The minimum atomic E-state index is -0.506. The minimum Gasteiger partial charge on any atom is -0.444 e. The highest BCUT2D eigenvalue weighted by Gasteiger charge is 2.16. The van der Waals surface area contributed by atoms with Crippen molar-refractivity contribution in [2.75, 3.05) is 0 Å². The average molecular weight is 406 g/mol. The number of nitrogens with zero attached hydrogens (tertiary/aromatic N) is 3. The van der Waals surface area contributed by atoms with Gasteiger partial charge in [-0.05, 0) is 26.8 Å². The van der Waals surface area contributed by atoms with Crippen molar-refractivity contribution in [1.29, 1.82) is 0 Å². The lowest BCUT2D eigenvalue weighted by Gasteiger charge is -2.19. The van der Waals surface area contributed by atoms with Gasteiger partial charge in [0, 0.05) is 36.5 Å². The maximum atomic E-state index is 11.6. The highest BCUT2D eigenvalue weighted by atomic mass is 127. The van der Waals surface area contributed by atoms with E-state index in [0.717, 1.165) is 11.2 Å². The molecule has 2 heterocycles. The van der Waals surface area contributed by atoms with Crippen molar-refractivity contribution in [3.63, 3.8) is 0 Å². The molecular formula is C12H15IN4O2S. The molecule has 0 unspecified atom stereocenters. The van der Waals surface area contributed by atoms with Crippen molar-refractivity contribution in [2.45, 2.75) is 32.9 Å². The predicted octanol–water partition coefficient (Wildman–Crippen LogP) is 3.30. The summed E-state index contributed by atoms with van der Waals surface area (Å²) in [5, 5.41) is 2.66. The Kier molecular flexibility index (Phi) is 4.74. The molecule has 0 bridgehead atoms. The van der Waals surface area contributed by atoms with E-state index in [1.54, 1.807) is 6.20 Å². The Morgan fingerprint density at radius 1 is 1.55 bits per heavy atom. The second kappa shape index (κ2) is 6.17. The lowest BCUT2D eigenvalue weighted by molar-refractivity contribution is 0.0523. The molecule has 1 amide bonds. The highest BCUT2D eigenvalue weighted by molar-refractivity contribution is 14.2. The van der Waals surface area contributed by atoms with Crippen LogP contribution in [0.25, 0.3) is 11.2 Å². The molecule has 0 aromatic carbocycles. The zero-order valence-electron chi connectivity index (χ0n) is 11.4. The molecule has 20 heavy (non-hydrogen) atoms. The van der Waals surface area contributed by atoms with E-state index in [4.69, 9.17) is 4.74 Å². The quantitative estimate of drug-likeness (QED) is 0.793. The molecule has 6 nitrogen and oxygen atoms in total. The van der Waals surface area contributed by atoms with E-state index in [2.05, 4.69) is 36.5 Å². The largest absolute Gasteiger partial charge is 0.444 e. The van der Waals surface area contributed by atoms with Crippen molar-refractivity contribution in [3.05, 3.63) is 24.2 Å². The Morgan fingerprint density at radius 3 is 2.95 bits per heavy atom. The fraction of sp³-hybridized carbons (Fsp3) is 0.417. The minimum absolute atomic E-state index is 0.292. The van der Waals surface area contributed by atoms with E-state index in [-0.39, 0.29) is 0 Å². The third-order valence-electron chi connectivity index (χ3n) is 2.29. The first-order valence-electron chi connectivity index (χ1n) is 5.98. The second-order valence-corrected chi connectivity index (χ2v) is 6.85. The van der Waals surface area contributed by atoms with Gasteiger partial charge in [-0.2, -0.15) is 0 Å². The molecule has 1 N–H and O–H groups in total. The number of hydrogen-bond donors (Lipinski definition) is 1. The zero-order valence-corrected chi connectivity index (χ0v) is 14.4. The van der Waals surface area contributed by atoms with Gasteiger partial charge in [-0.3, -0.25) is 3.97 Å². The first-order valence-corrected chi connectivity index (χ1v) is 9.29. The lowest BCUT2D eigenvalue weighted by atomic mass is 10.2. The summed E-state index contributed by atoms with van der Waals surface area (Å²) in [6.45, 7) is 5.76. The predicted molar refractivity (Wildman–Crippen MR) is 87.6 cm³/mol. The van der Waals surface area contributed by atoms with E-state index in [1.165, 1.54) is 9.12 Å². The Balaban J connectivity index is 2.02. The number of alkyl carbamates (subject to hydrolysis) is 1. The molecule has 8 heteroatoms. The van der Waals surface area contributed by atoms with E-state index >= 15 is 0 Å². The Morgan fingerprint density at radius 2 is 2.30 bits per heavy atom. The topological polar surface area (TPSA) is 69.0 Å². The monoisotopic (exact) mass is 406 g/mol.